The van der Waals surface area contributed by atoms with Crippen LogP contribution in [0.25, 0.3) is 22.8 Å². The Morgan fingerprint density at radius 3 is 2.08 bits per heavy atom. The minimum absolute atomic E-state index is 0.704. The third-order valence-corrected chi connectivity index (χ3v) is 4.15. The molecule has 0 saturated heterocycles. The van der Waals surface area contributed by atoms with Crippen molar-refractivity contribution in [3.05, 3.63) is 90.5 Å². The van der Waals surface area contributed by atoms with Gasteiger partial charge in [-0.25, -0.2) is 0 Å². The Bertz CT molecular complexity index is 901. The lowest BCUT2D eigenvalue weighted by Crippen LogP contribution is -2.43. The van der Waals surface area contributed by atoms with E-state index in [4.69, 9.17) is 10.2 Å². The zero-order chi connectivity index (χ0) is 17.1. The second-order valence-corrected chi connectivity index (χ2v) is 5.82. The number of hydrogen-bond acceptors (Lipinski definition) is 2. The van der Waals surface area contributed by atoms with Gasteiger partial charge in [-0.15, -0.1) is 0 Å². The molecule has 0 unspecified atom stereocenters. The maximum atomic E-state index is 4.75. The van der Waals surface area contributed by atoms with Crippen molar-refractivity contribution in [1.29, 1.82) is 0 Å². The maximum Gasteiger partial charge on any atom is 0.340 e. The summed E-state index contributed by atoms with van der Waals surface area (Å²) in [5.41, 5.74) is 4.25. The highest BCUT2D eigenvalue weighted by Crippen LogP contribution is 2.16. The number of aromatic nitrogens is 4. The third kappa shape index (κ3) is 3.06. The van der Waals surface area contributed by atoms with Crippen LogP contribution in [0.2, 0.25) is 0 Å². The van der Waals surface area contributed by atoms with Gasteiger partial charge in [0.1, 0.15) is 5.69 Å². The van der Waals surface area contributed by atoms with E-state index >= 15 is 0 Å². The van der Waals surface area contributed by atoms with E-state index in [0.29, 0.717) is 5.82 Å². The highest BCUT2D eigenvalue weighted by molar-refractivity contribution is 5.54. The van der Waals surface area contributed by atoms with Crippen molar-refractivity contribution in [1.82, 2.24) is 15.0 Å². The van der Waals surface area contributed by atoms with Crippen molar-refractivity contribution in [2.24, 2.45) is 0 Å². The Morgan fingerprint density at radius 2 is 1.44 bits per heavy atom. The molecule has 0 aliphatic carbocycles. The summed E-state index contributed by atoms with van der Waals surface area (Å²) >= 11 is 0. The lowest BCUT2D eigenvalue weighted by molar-refractivity contribution is -0.734. The Hall–Kier alpha value is -3.27. The van der Waals surface area contributed by atoms with Crippen LogP contribution in [0.4, 0.5) is 0 Å². The van der Waals surface area contributed by atoms with Gasteiger partial charge < -0.3 is 0 Å². The third-order valence-electron chi connectivity index (χ3n) is 4.15. The Morgan fingerprint density at radius 1 is 0.800 bits per heavy atom. The summed E-state index contributed by atoms with van der Waals surface area (Å²) in [5, 5.41) is 9.50. The van der Waals surface area contributed by atoms with Crippen molar-refractivity contribution in [3.63, 3.8) is 0 Å². The van der Waals surface area contributed by atoms with Gasteiger partial charge >= 0.3 is 5.82 Å². The molecule has 0 atom stereocenters. The normalized spacial score (nSPS) is 10.8. The van der Waals surface area contributed by atoms with Crippen LogP contribution < -0.4 is 4.80 Å². The first-order valence-corrected chi connectivity index (χ1v) is 8.45. The molecule has 0 amide bonds. The predicted octanol–water partition coefficient (Wildman–Crippen LogP) is 3.77. The molecule has 0 aliphatic heterocycles. The monoisotopic (exact) mass is 327 g/mol. The highest BCUT2D eigenvalue weighted by atomic mass is 15.7. The van der Waals surface area contributed by atoms with Gasteiger partial charge in [-0.3, -0.25) is 0 Å². The lowest BCUT2D eigenvalue weighted by atomic mass is 10.1. The summed E-state index contributed by atoms with van der Waals surface area (Å²) in [6, 6.07) is 28.5. The van der Waals surface area contributed by atoms with Crippen LogP contribution in [0.15, 0.2) is 84.9 Å². The number of tetrazole rings is 1. The van der Waals surface area contributed by atoms with Crippen LogP contribution >= 0.6 is 0 Å². The molecule has 1 heterocycles. The van der Waals surface area contributed by atoms with Crippen molar-refractivity contribution >= 4 is 0 Å². The van der Waals surface area contributed by atoms with E-state index in [9.17, 15) is 0 Å². The van der Waals surface area contributed by atoms with Crippen molar-refractivity contribution in [2.45, 2.75) is 13.3 Å². The number of hydrogen-bond donors (Lipinski definition) is 0. The molecule has 4 nitrogen and oxygen atoms in total. The van der Waals surface area contributed by atoms with E-state index in [-0.39, 0.29) is 0 Å². The van der Waals surface area contributed by atoms with Crippen LogP contribution in [-0.4, -0.2) is 15.0 Å². The minimum atomic E-state index is 0.704. The molecular weight excluding hydrogens is 308 g/mol. The molecule has 0 radical (unpaired) electrons. The first-order chi connectivity index (χ1) is 12.3. The number of aryl methyl sites for hydroxylation is 1. The average molecular weight is 327 g/mol. The summed E-state index contributed by atoms with van der Waals surface area (Å²) in [4.78, 5) is 3.66. The summed E-state index contributed by atoms with van der Waals surface area (Å²) in [7, 11) is 0. The number of para-hydroxylation sites is 2. The fourth-order valence-corrected chi connectivity index (χ4v) is 2.75. The van der Waals surface area contributed by atoms with E-state index < -0.39 is 0 Å². The molecule has 0 aliphatic rings. The molecule has 122 valence electrons. The summed E-state index contributed by atoms with van der Waals surface area (Å²) < 4.78 is 0. The first-order valence-electron chi connectivity index (χ1n) is 8.45. The molecule has 1 aromatic heterocycles. The second-order valence-electron chi connectivity index (χ2n) is 5.82. The standard InChI is InChI=1S/C21H19N4/c1-2-17-13-15-18(16-14-17)21-22-24(19-9-5-3-6-10-19)25(23-21)20-11-7-4-8-12-20/h3-16H,2H2,1H3/q+1. The molecule has 4 heteroatoms. The first kappa shape index (κ1) is 15.3. The second kappa shape index (κ2) is 6.69. The summed E-state index contributed by atoms with van der Waals surface area (Å²) in [5.74, 6) is 0.704. The van der Waals surface area contributed by atoms with Gasteiger partial charge in [0.15, 0.2) is 5.69 Å². The van der Waals surface area contributed by atoms with Gasteiger partial charge in [0.05, 0.1) is 10.7 Å². The molecule has 25 heavy (non-hydrogen) atoms. The fraction of sp³-hybridized carbons (Fsp3) is 0.0952. The van der Waals surface area contributed by atoms with Gasteiger partial charge in [0.2, 0.25) is 0 Å². The SMILES string of the molecule is CCc1ccc(-c2nn(-c3ccccc3)[n+](-c3ccccc3)n2)cc1. The molecule has 0 N–H and O–H groups in total. The molecule has 0 fully saturated rings. The van der Waals surface area contributed by atoms with Gasteiger partial charge in [-0.05, 0) is 58.3 Å². The molecule has 0 spiro atoms. The van der Waals surface area contributed by atoms with Crippen LogP contribution in [0.3, 0.4) is 0 Å². The maximum absolute atomic E-state index is 4.75. The van der Waals surface area contributed by atoms with Gasteiger partial charge in [0, 0.05) is 4.80 Å². The molecule has 0 bridgehead atoms. The molecule has 4 aromatic rings. The summed E-state index contributed by atoms with van der Waals surface area (Å²) in [6.07, 6.45) is 1.02. The zero-order valence-electron chi connectivity index (χ0n) is 14.1. The average Bonchev–Trinajstić information content (AvgIpc) is 3.15. The van der Waals surface area contributed by atoms with E-state index in [1.807, 2.05) is 70.3 Å². The lowest BCUT2D eigenvalue weighted by Gasteiger charge is -1.98. The Labute approximate surface area is 147 Å². The van der Waals surface area contributed by atoms with E-state index in [1.165, 1.54) is 5.56 Å². The number of rotatable bonds is 4. The molecule has 0 saturated carbocycles. The smallest absolute Gasteiger partial charge is 0.0621 e. The quantitative estimate of drug-likeness (QED) is 0.535. The fourth-order valence-electron chi connectivity index (χ4n) is 2.75. The van der Waals surface area contributed by atoms with Crippen LogP contribution in [0.5, 0.6) is 0 Å². The largest absolute Gasteiger partial charge is 0.340 e. The minimum Gasteiger partial charge on any atom is -0.0621 e. The van der Waals surface area contributed by atoms with Gasteiger partial charge in [-0.2, -0.15) is 0 Å². The van der Waals surface area contributed by atoms with Crippen LogP contribution in [0, 0.1) is 0 Å². The Balaban J connectivity index is 1.86. The van der Waals surface area contributed by atoms with Crippen molar-refractivity contribution in [2.75, 3.05) is 0 Å². The van der Waals surface area contributed by atoms with Gasteiger partial charge in [0.25, 0.3) is 0 Å². The molecule has 4 rings (SSSR count). The van der Waals surface area contributed by atoms with E-state index in [2.05, 4.69) is 31.2 Å². The van der Waals surface area contributed by atoms with Gasteiger partial charge in [-0.1, -0.05) is 55.5 Å². The van der Waals surface area contributed by atoms with E-state index in [0.717, 1.165) is 23.4 Å². The predicted molar refractivity (Wildman–Crippen MR) is 97.7 cm³/mol. The number of nitrogens with zero attached hydrogens (tertiary/aromatic N) is 4. The van der Waals surface area contributed by atoms with E-state index in [1.54, 1.807) is 0 Å². The van der Waals surface area contributed by atoms with Crippen molar-refractivity contribution < 1.29 is 4.80 Å². The zero-order valence-corrected chi connectivity index (χ0v) is 14.1. The highest BCUT2D eigenvalue weighted by Gasteiger charge is 2.22. The Kier molecular flexibility index (Phi) is 4.09. The van der Waals surface area contributed by atoms with Crippen LogP contribution in [-0.2, 0) is 6.42 Å². The van der Waals surface area contributed by atoms with Crippen LogP contribution in [0.1, 0.15) is 12.5 Å². The molecule has 3 aromatic carbocycles. The van der Waals surface area contributed by atoms with Crippen molar-refractivity contribution in [3.8, 4) is 22.8 Å². The topological polar surface area (TPSA) is 34.6 Å². The summed E-state index contributed by atoms with van der Waals surface area (Å²) in [6.45, 7) is 2.15. The molecular formula is C21H19N4+. The number of benzene rings is 3.